The summed E-state index contributed by atoms with van der Waals surface area (Å²) >= 11 is 0. The van der Waals surface area contributed by atoms with Gasteiger partial charge in [0.25, 0.3) is 18.1 Å². The number of carbonyl (C=O) groups excluding carboxylic acids is 5. The SMILES string of the molecule is C[n+]1cccc(C(=O)ONC(=O)Cc2ccc(CCCCc3ccccc3)cc2)c1.Cn1c[n+](CCC(=O)ONC(=O)Cc2ccc(CCCCc3ccccc3)cc2)cn1.O=C(Cc1ccc(CCCCc2ccc(F)cc2)cc1)NO. The van der Waals surface area contributed by atoms with Crippen LogP contribution in [-0.4, -0.2) is 44.6 Å². The first-order valence-electron chi connectivity index (χ1n) is 28.2. The van der Waals surface area contributed by atoms with Crippen LogP contribution in [0.1, 0.15) is 105 Å². The molecule has 4 N–H and O–H groups in total. The maximum Gasteiger partial charge on any atom is 0.368 e. The Hall–Kier alpha value is -9.15. The number of halogens is 1. The molecule has 0 saturated carbocycles. The Labute approximate surface area is 486 Å². The Morgan fingerprint density at radius 2 is 0.892 bits per heavy atom. The number of hydroxylamine groups is 3. The number of aromatic nitrogens is 4. The summed E-state index contributed by atoms with van der Waals surface area (Å²) in [6.07, 6.45) is 20.3. The molecule has 3 amide bonds. The Morgan fingerprint density at radius 3 is 1.29 bits per heavy atom. The van der Waals surface area contributed by atoms with Crippen LogP contribution in [0.15, 0.2) is 195 Å². The lowest BCUT2D eigenvalue weighted by atomic mass is 10.0. The van der Waals surface area contributed by atoms with E-state index in [0.717, 1.165) is 99.3 Å². The predicted molar refractivity (Wildman–Crippen MR) is 313 cm³/mol. The number of amides is 3. The summed E-state index contributed by atoms with van der Waals surface area (Å²) in [5, 5.41) is 12.5. The molecule has 432 valence electrons. The third kappa shape index (κ3) is 25.5. The number of pyridine rings is 1. The molecule has 0 aliphatic rings. The minimum absolute atomic E-state index is 0.148. The first-order chi connectivity index (χ1) is 40.3. The van der Waals surface area contributed by atoms with E-state index in [1.807, 2.05) is 86.0 Å². The van der Waals surface area contributed by atoms with Crippen molar-refractivity contribution in [2.24, 2.45) is 14.1 Å². The number of benzene rings is 6. The molecule has 83 heavy (non-hydrogen) atoms. The second-order valence-corrected chi connectivity index (χ2v) is 20.3. The summed E-state index contributed by atoms with van der Waals surface area (Å²) in [4.78, 5) is 68.6. The van der Waals surface area contributed by atoms with E-state index in [1.54, 1.807) is 57.3 Å². The average Bonchev–Trinajstić information content (AvgIpc) is 3.94. The van der Waals surface area contributed by atoms with Gasteiger partial charge in [0.15, 0.2) is 12.4 Å². The topological polar surface area (TPSA) is 186 Å². The van der Waals surface area contributed by atoms with Gasteiger partial charge < -0.3 is 9.68 Å². The molecule has 15 nitrogen and oxygen atoms in total. The molecular weight excluding hydrogens is 1050 g/mol. The number of hydrogen-bond donors (Lipinski definition) is 4. The Kier molecular flexibility index (Phi) is 27.0. The average molecular weight is 1130 g/mol. The Balaban J connectivity index is 0.000000203. The third-order valence-electron chi connectivity index (χ3n) is 13.4. The quantitative estimate of drug-likeness (QED) is 0.0187. The summed E-state index contributed by atoms with van der Waals surface area (Å²) in [5.41, 5.74) is 16.7. The first kappa shape index (κ1) is 63.0. The minimum Gasteiger partial charge on any atom is -0.341 e. The lowest BCUT2D eigenvalue weighted by Crippen LogP contribution is -2.34. The van der Waals surface area contributed by atoms with Crippen LogP contribution < -0.4 is 25.6 Å². The fourth-order valence-electron chi connectivity index (χ4n) is 8.85. The van der Waals surface area contributed by atoms with E-state index in [1.165, 1.54) is 39.9 Å². The van der Waals surface area contributed by atoms with Crippen molar-refractivity contribution >= 4 is 29.7 Å². The van der Waals surface area contributed by atoms with Gasteiger partial charge in [0.1, 0.15) is 18.4 Å². The highest BCUT2D eigenvalue weighted by molar-refractivity contribution is 5.90. The highest BCUT2D eigenvalue weighted by Gasteiger charge is 2.14. The van der Waals surface area contributed by atoms with E-state index in [0.29, 0.717) is 12.1 Å². The highest BCUT2D eigenvalue weighted by Crippen LogP contribution is 2.15. The van der Waals surface area contributed by atoms with Crippen molar-refractivity contribution in [1.29, 1.82) is 0 Å². The molecule has 0 spiro atoms. The van der Waals surface area contributed by atoms with Crippen molar-refractivity contribution in [3.8, 4) is 0 Å². The molecule has 0 saturated heterocycles. The van der Waals surface area contributed by atoms with Crippen LogP contribution in [0.4, 0.5) is 4.39 Å². The van der Waals surface area contributed by atoms with E-state index in [4.69, 9.17) is 14.9 Å². The molecule has 0 atom stereocenters. The predicted octanol–water partition coefficient (Wildman–Crippen LogP) is 9.43. The molecule has 0 radical (unpaired) electrons. The van der Waals surface area contributed by atoms with Crippen molar-refractivity contribution in [2.75, 3.05) is 0 Å². The monoisotopic (exact) mass is 1130 g/mol. The normalized spacial score (nSPS) is 10.5. The van der Waals surface area contributed by atoms with Gasteiger partial charge >= 0.3 is 11.9 Å². The van der Waals surface area contributed by atoms with Gasteiger partial charge in [0.2, 0.25) is 12.2 Å². The molecule has 8 aromatic rings. The van der Waals surface area contributed by atoms with E-state index in [9.17, 15) is 28.4 Å². The molecule has 8 rings (SSSR count). The molecule has 0 bridgehead atoms. The smallest absolute Gasteiger partial charge is 0.341 e. The Morgan fingerprint density at radius 1 is 0.506 bits per heavy atom. The summed E-state index contributed by atoms with van der Waals surface area (Å²) in [6.45, 7) is 0.440. The molecule has 16 heteroatoms. The summed E-state index contributed by atoms with van der Waals surface area (Å²) in [7, 11) is 3.61. The van der Waals surface area contributed by atoms with Gasteiger partial charge in [-0.15, -0.1) is 4.68 Å². The van der Waals surface area contributed by atoms with Crippen LogP contribution in [0.25, 0.3) is 0 Å². The fourth-order valence-corrected chi connectivity index (χ4v) is 8.85. The zero-order valence-corrected chi connectivity index (χ0v) is 47.5. The van der Waals surface area contributed by atoms with Gasteiger partial charge in [-0.1, -0.05) is 146 Å². The summed E-state index contributed by atoms with van der Waals surface area (Å²) in [6, 6.07) is 54.9. The van der Waals surface area contributed by atoms with E-state index < -0.39 is 17.8 Å². The van der Waals surface area contributed by atoms with Crippen molar-refractivity contribution in [1.82, 2.24) is 26.2 Å². The standard InChI is InChI=1S/C25H26N2O3.C24H28N4O3.C18H20FNO2/c1-27-17-7-12-23(19-27)25(29)30-26-24(28)18-22-15-13-21(14-16-22)11-6-5-10-20-8-3-2-4-9-20;1-27-19-28(18-25-27)16-15-24(30)31-26-23(29)17-22-13-11-21(12-14-22)10-6-5-9-20-7-3-2-4-8-20;19-17-11-9-15(10-12-17)4-2-1-3-14-5-7-16(8-6-14)13-18(21)20-22/h2-4,7-9,12-17,19H,5-6,10-11,18H2,1H3;2-4,7-8,11-14,18-19H,5-6,9-10,15-17H2,1H3;5-12,22H,1-4,13H2,(H,20,21)/p+2. The van der Waals surface area contributed by atoms with Crippen LogP contribution >= 0.6 is 0 Å². The highest BCUT2D eigenvalue weighted by atomic mass is 19.1. The molecular formula is C67H76FN7O8+2. The number of unbranched alkanes of at least 4 members (excludes halogenated alkanes) is 3. The summed E-state index contributed by atoms with van der Waals surface area (Å²) < 4.78 is 17.9. The maximum atomic E-state index is 12.8. The van der Waals surface area contributed by atoms with Gasteiger partial charge in [0, 0.05) is 11.2 Å². The number of nitrogens with one attached hydrogen (secondary N) is 3. The van der Waals surface area contributed by atoms with Gasteiger partial charge in [-0.2, -0.15) is 11.0 Å². The van der Waals surface area contributed by atoms with Gasteiger partial charge in [0.05, 0.1) is 39.3 Å². The molecule has 0 aliphatic heterocycles. The van der Waals surface area contributed by atoms with E-state index in [-0.39, 0.29) is 43.3 Å². The van der Waals surface area contributed by atoms with Gasteiger partial charge in [-0.05, 0) is 145 Å². The molecule has 2 heterocycles. The number of carbonyl (C=O) groups is 5. The van der Waals surface area contributed by atoms with Crippen molar-refractivity contribution in [3.63, 3.8) is 0 Å². The fraction of sp³-hybridized carbons (Fsp3) is 0.284. The second kappa shape index (κ2) is 35.6. The van der Waals surface area contributed by atoms with Crippen molar-refractivity contribution < 1.29 is 52.4 Å². The molecule has 0 unspecified atom stereocenters. The molecule has 6 aromatic carbocycles. The minimum atomic E-state index is -0.592. The van der Waals surface area contributed by atoms with Crippen LogP contribution in [0, 0.1) is 5.82 Å². The third-order valence-corrected chi connectivity index (χ3v) is 13.4. The van der Waals surface area contributed by atoms with Crippen LogP contribution in [-0.2, 0) is 107 Å². The van der Waals surface area contributed by atoms with Crippen molar-refractivity contribution in [2.45, 2.75) is 109 Å². The maximum absolute atomic E-state index is 12.8. The zero-order valence-electron chi connectivity index (χ0n) is 47.5. The number of hydrogen-bond acceptors (Lipinski definition) is 9. The van der Waals surface area contributed by atoms with Crippen LogP contribution in [0.5, 0.6) is 0 Å². The zero-order chi connectivity index (χ0) is 58.9. The van der Waals surface area contributed by atoms with E-state index >= 15 is 0 Å². The van der Waals surface area contributed by atoms with Crippen LogP contribution in [0.3, 0.4) is 0 Å². The second-order valence-electron chi connectivity index (χ2n) is 20.3. The first-order valence-corrected chi connectivity index (χ1v) is 28.2. The lowest BCUT2D eigenvalue weighted by molar-refractivity contribution is -0.696. The molecule has 0 aliphatic carbocycles. The Bertz CT molecular complexity index is 3210. The van der Waals surface area contributed by atoms with Crippen molar-refractivity contribution in [3.05, 3.63) is 256 Å². The summed E-state index contributed by atoms with van der Waals surface area (Å²) in [5.74, 6) is -2.40. The molecule has 2 aromatic heterocycles. The van der Waals surface area contributed by atoms with Gasteiger partial charge in [-0.25, -0.2) is 28.6 Å². The molecule has 0 fully saturated rings. The largest absolute Gasteiger partial charge is 0.368 e. The van der Waals surface area contributed by atoms with E-state index in [2.05, 4.69) is 88.9 Å². The van der Waals surface area contributed by atoms with Crippen LogP contribution in [0.2, 0.25) is 0 Å². The lowest BCUT2D eigenvalue weighted by Gasteiger charge is -2.07. The van der Waals surface area contributed by atoms with Gasteiger partial charge in [-0.3, -0.25) is 19.6 Å². The number of nitrogens with zero attached hydrogens (tertiary/aromatic N) is 4. The number of rotatable bonds is 25. The number of aryl methyl sites for hydroxylation is 9.